The number of rotatable bonds is 6. The Labute approximate surface area is 201 Å². The molecule has 2 aromatic carbocycles. The van der Waals surface area contributed by atoms with Gasteiger partial charge in [0.05, 0.1) is 4.90 Å². The zero-order chi connectivity index (χ0) is 24.1. The van der Waals surface area contributed by atoms with Gasteiger partial charge in [-0.05, 0) is 54.2 Å². The second-order valence-electron chi connectivity index (χ2n) is 9.02. The maximum absolute atomic E-state index is 13.1. The van der Waals surface area contributed by atoms with E-state index in [-0.39, 0.29) is 11.8 Å². The molecular weight excluding hydrogens is 446 g/mol. The van der Waals surface area contributed by atoms with E-state index in [0.717, 1.165) is 11.1 Å². The molecule has 6 nitrogen and oxygen atoms in total. The summed E-state index contributed by atoms with van der Waals surface area (Å²) in [5.74, 6) is -0.121. The van der Waals surface area contributed by atoms with Crippen molar-refractivity contribution in [3.63, 3.8) is 0 Å². The number of pyridine rings is 1. The quantitative estimate of drug-likeness (QED) is 0.535. The highest BCUT2D eigenvalue weighted by molar-refractivity contribution is 7.89. The molecule has 1 aliphatic heterocycles. The van der Waals surface area contributed by atoms with Crippen molar-refractivity contribution in [2.45, 2.75) is 44.0 Å². The van der Waals surface area contributed by atoms with E-state index in [9.17, 15) is 13.2 Å². The third kappa shape index (κ3) is 5.54. The van der Waals surface area contributed by atoms with E-state index in [0.29, 0.717) is 48.8 Å². The Hall–Kier alpha value is -3.03. The van der Waals surface area contributed by atoms with Gasteiger partial charge < -0.3 is 4.57 Å². The molecule has 1 amide bonds. The van der Waals surface area contributed by atoms with Crippen LogP contribution in [0, 0.1) is 5.92 Å². The number of hydrogen-bond acceptors (Lipinski definition) is 3. The first-order valence-corrected chi connectivity index (χ1v) is 13.2. The zero-order valence-electron chi connectivity index (χ0n) is 19.7. The molecule has 1 saturated heterocycles. The Bertz CT molecular complexity index is 1290. The van der Waals surface area contributed by atoms with Crippen molar-refractivity contribution in [1.82, 2.24) is 8.87 Å². The number of hydrogen-bond donors (Lipinski definition) is 0. The summed E-state index contributed by atoms with van der Waals surface area (Å²) in [6.45, 7) is 5.42. The summed E-state index contributed by atoms with van der Waals surface area (Å²) in [5.41, 5.74) is 2.84. The predicted molar refractivity (Wildman–Crippen MR) is 133 cm³/mol. The number of carbonyl (C=O) groups is 1. The smallest absolute Gasteiger partial charge is 0.250 e. The lowest BCUT2D eigenvalue weighted by Gasteiger charge is -2.29. The number of carbonyl (C=O) groups excluding carboxylic acids is 1. The summed E-state index contributed by atoms with van der Waals surface area (Å²) in [4.78, 5) is 17.7. The largest absolute Gasteiger partial charge is 0.328 e. The van der Waals surface area contributed by atoms with Crippen molar-refractivity contribution in [3.8, 4) is 0 Å². The Morgan fingerprint density at radius 1 is 0.941 bits per heavy atom. The highest BCUT2D eigenvalue weighted by Gasteiger charge is 2.32. The molecule has 0 N–H and O–H groups in total. The number of sulfonamides is 1. The van der Waals surface area contributed by atoms with Crippen LogP contribution in [-0.2, 0) is 21.4 Å². The van der Waals surface area contributed by atoms with Crippen LogP contribution >= 0.6 is 0 Å². The Balaban J connectivity index is 1.44. The highest BCUT2D eigenvalue weighted by atomic mass is 32.2. The van der Waals surface area contributed by atoms with Gasteiger partial charge in [0.2, 0.25) is 10.0 Å². The molecule has 1 aliphatic rings. The van der Waals surface area contributed by atoms with Gasteiger partial charge in [0.15, 0.2) is 0 Å². The van der Waals surface area contributed by atoms with E-state index >= 15 is 0 Å². The van der Waals surface area contributed by atoms with Crippen LogP contribution in [0.2, 0.25) is 0 Å². The topological polar surface area (TPSA) is 71.7 Å². The minimum atomic E-state index is -3.57. The first kappa shape index (κ1) is 24.1. The number of aromatic nitrogens is 1. The average molecular weight is 478 g/mol. The van der Waals surface area contributed by atoms with Gasteiger partial charge in [-0.1, -0.05) is 62.4 Å². The van der Waals surface area contributed by atoms with Crippen molar-refractivity contribution in [2.24, 2.45) is 10.9 Å². The lowest BCUT2D eigenvalue weighted by molar-refractivity contribution is -0.122. The molecule has 0 spiro atoms. The third-order valence-electron chi connectivity index (χ3n) is 6.32. The van der Waals surface area contributed by atoms with Crippen LogP contribution in [0.1, 0.15) is 43.7 Å². The lowest BCUT2D eigenvalue weighted by atomic mass is 9.97. The van der Waals surface area contributed by atoms with Crippen molar-refractivity contribution < 1.29 is 13.2 Å². The summed E-state index contributed by atoms with van der Waals surface area (Å²) >= 11 is 0. The monoisotopic (exact) mass is 477 g/mol. The van der Waals surface area contributed by atoms with Crippen molar-refractivity contribution >= 4 is 15.9 Å². The van der Waals surface area contributed by atoms with Crippen LogP contribution in [0.15, 0.2) is 88.9 Å². The molecule has 34 heavy (non-hydrogen) atoms. The fourth-order valence-corrected chi connectivity index (χ4v) is 5.67. The molecule has 0 radical (unpaired) electrons. The molecule has 0 bridgehead atoms. The maximum Gasteiger partial charge on any atom is 0.250 e. The Kier molecular flexibility index (Phi) is 7.44. The lowest BCUT2D eigenvalue weighted by Crippen LogP contribution is -2.40. The molecule has 0 saturated carbocycles. The van der Waals surface area contributed by atoms with Crippen LogP contribution in [0.3, 0.4) is 0 Å². The van der Waals surface area contributed by atoms with Gasteiger partial charge in [0.1, 0.15) is 5.49 Å². The molecule has 3 aromatic rings. The standard InChI is InChI=1S/C27H31N3O3S/c1-21(2)23-11-13-25(14-12-23)34(32,33)30-18-15-24(16-19-30)27(31)28-26-10-6-7-17-29(26)20-22-8-4-3-5-9-22/h3-14,17,21,24H,15-16,18-20H2,1-2H3. The van der Waals surface area contributed by atoms with E-state index in [1.165, 1.54) is 4.31 Å². The summed E-state index contributed by atoms with van der Waals surface area (Å²) in [6, 6.07) is 22.8. The minimum absolute atomic E-state index is 0.189. The maximum atomic E-state index is 13.1. The van der Waals surface area contributed by atoms with Gasteiger partial charge in [-0.3, -0.25) is 4.79 Å². The summed E-state index contributed by atoms with van der Waals surface area (Å²) in [6.07, 6.45) is 2.85. The van der Waals surface area contributed by atoms with Gasteiger partial charge in [0.25, 0.3) is 5.91 Å². The van der Waals surface area contributed by atoms with Crippen molar-refractivity contribution in [3.05, 3.63) is 95.6 Å². The van der Waals surface area contributed by atoms with E-state index < -0.39 is 10.0 Å². The van der Waals surface area contributed by atoms with Crippen molar-refractivity contribution in [1.29, 1.82) is 0 Å². The van der Waals surface area contributed by atoms with E-state index in [1.807, 2.05) is 71.4 Å². The zero-order valence-corrected chi connectivity index (χ0v) is 20.5. The molecule has 7 heteroatoms. The van der Waals surface area contributed by atoms with Crippen molar-refractivity contribution in [2.75, 3.05) is 13.1 Å². The number of benzene rings is 2. The fourth-order valence-electron chi connectivity index (χ4n) is 4.20. The SMILES string of the molecule is CC(C)c1ccc(S(=O)(=O)N2CCC(C(=O)N=c3ccccn3Cc3ccccc3)CC2)cc1. The van der Waals surface area contributed by atoms with Crippen LogP contribution in [-0.4, -0.2) is 36.3 Å². The Morgan fingerprint density at radius 3 is 2.24 bits per heavy atom. The summed E-state index contributed by atoms with van der Waals surface area (Å²) in [7, 11) is -3.57. The molecule has 1 fully saturated rings. The van der Waals surface area contributed by atoms with Crippen LogP contribution in [0.25, 0.3) is 0 Å². The normalized spacial score (nSPS) is 16.1. The molecule has 1 aromatic heterocycles. The van der Waals surface area contributed by atoms with E-state index in [4.69, 9.17) is 0 Å². The number of nitrogens with zero attached hydrogens (tertiary/aromatic N) is 3. The van der Waals surface area contributed by atoms with Crippen LogP contribution in [0.5, 0.6) is 0 Å². The first-order valence-electron chi connectivity index (χ1n) is 11.7. The first-order chi connectivity index (χ1) is 16.3. The highest BCUT2D eigenvalue weighted by Crippen LogP contribution is 2.25. The number of amides is 1. The van der Waals surface area contributed by atoms with Gasteiger partial charge in [-0.25, -0.2) is 8.42 Å². The predicted octanol–water partition coefficient (Wildman–Crippen LogP) is 4.19. The van der Waals surface area contributed by atoms with Gasteiger partial charge >= 0.3 is 0 Å². The summed E-state index contributed by atoms with van der Waals surface area (Å²) in [5, 5.41) is 0. The average Bonchev–Trinajstić information content (AvgIpc) is 2.86. The second-order valence-corrected chi connectivity index (χ2v) is 11.0. The molecule has 178 valence electrons. The van der Waals surface area contributed by atoms with Gasteiger partial charge in [0, 0.05) is 31.7 Å². The molecule has 0 unspecified atom stereocenters. The molecule has 4 rings (SSSR count). The van der Waals surface area contributed by atoms with Crippen LogP contribution in [0.4, 0.5) is 0 Å². The van der Waals surface area contributed by atoms with E-state index in [1.54, 1.807) is 12.1 Å². The Morgan fingerprint density at radius 2 is 1.59 bits per heavy atom. The molecule has 2 heterocycles. The van der Waals surface area contributed by atoms with Gasteiger partial charge in [-0.15, -0.1) is 0 Å². The number of piperidine rings is 1. The molecule has 0 atom stereocenters. The van der Waals surface area contributed by atoms with E-state index in [2.05, 4.69) is 18.8 Å². The fraction of sp³-hybridized carbons (Fsp3) is 0.333. The minimum Gasteiger partial charge on any atom is -0.328 e. The molecule has 0 aliphatic carbocycles. The second kappa shape index (κ2) is 10.5. The van der Waals surface area contributed by atoms with Crippen LogP contribution < -0.4 is 5.49 Å². The molecular formula is C27H31N3O3S. The third-order valence-corrected chi connectivity index (χ3v) is 8.24. The summed E-state index contributed by atoms with van der Waals surface area (Å²) < 4.78 is 29.6. The van der Waals surface area contributed by atoms with Gasteiger partial charge in [-0.2, -0.15) is 9.30 Å².